The van der Waals surface area contributed by atoms with Gasteiger partial charge in [-0.15, -0.1) is 10.2 Å². The van der Waals surface area contributed by atoms with Crippen LogP contribution in [0.5, 0.6) is 0 Å². The Kier molecular flexibility index (Phi) is 6.37. The normalized spacial score (nSPS) is 11.2. The van der Waals surface area contributed by atoms with Crippen molar-refractivity contribution in [1.29, 1.82) is 0 Å². The van der Waals surface area contributed by atoms with Gasteiger partial charge in [0.2, 0.25) is 0 Å². The summed E-state index contributed by atoms with van der Waals surface area (Å²) in [5, 5.41) is 20.0. The third kappa shape index (κ3) is 5.53. The van der Waals surface area contributed by atoms with Gasteiger partial charge in [-0.05, 0) is 56.8 Å². The van der Waals surface area contributed by atoms with E-state index >= 15 is 0 Å². The van der Waals surface area contributed by atoms with E-state index in [4.69, 9.17) is 23.1 Å². The number of hydrogen-bond acceptors (Lipinski definition) is 5. The van der Waals surface area contributed by atoms with Gasteiger partial charge in [-0.3, -0.25) is 0 Å². The lowest BCUT2D eigenvalue weighted by molar-refractivity contribution is 0.359. The van der Waals surface area contributed by atoms with Crippen LogP contribution in [0, 0.1) is 0 Å². The van der Waals surface area contributed by atoms with Crippen molar-refractivity contribution in [3.8, 4) is 11.3 Å². The van der Waals surface area contributed by atoms with E-state index in [2.05, 4.69) is 41.6 Å². The molecule has 0 amide bonds. The van der Waals surface area contributed by atoms with Gasteiger partial charge in [0.1, 0.15) is 5.82 Å². The quantitative estimate of drug-likeness (QED) is 0.360. The Morgan fingerprint density at radius 3 is 2.33 bits per heavy atom. The van der Waals surface area contributed by atoms with Crippen molar-refractivity contribution < 1.29 is 0 Å². The minimum absolute atomic E-state index is 0.178. The molecule has 4 N–H and O–H groups in total. The van der Waals surface area contributed by atoms with Crippen LogP contribution >= 0.6 is 12.2 Å². The lowest BCUT2D eigenvalue weighted by Crippen LogP contribution is -2.24. The second kappa shape index (κ2) is 9.38. The monoisotopic (exact) mass is 457 g/mol. The molecule has 0 saturated heterocycles. The zero-order chi connectivity index (χ0) is 23.4. The van der Waals surface area contributed by atoms with E-state index in [0.717, 1.165) is 28.2 Å². The number of nitrogen functional groups attached to an aromatic ring is 1. The summed E-state index contributed by atoms with van der Waals surface area (Å²) in [6.07, 6.45) is 0.630. The Bertz CT molecular complexity index is 1240. The van der Waals surface area contributed by atoms with Crippen LogP contribution in [0.1, 0.15) is 32.0 Å². The van der Waals surface area contributed by atoms with Crippen molar-refractivity contribution in [1.82, 2.24) is 20.0 Å². The van der Waals surface area contributed by atoms with Crippen molar-refractivity contribution >= 4 is 34.7 Å². The molecule has 2 aromatic carbocycles. The first kappa shape index (κ1) is 22.4. The summed E-state index contributed by atoms with van der Waals surface area (Å²) < 4.78 is 1.85. The van der Waals surface area contributed by atoms with Crippen LogP contribution in [0.15, 0.2) is 72.8 Å². The SMILES string of the molecule is CC(C)(C)n1nc(Cc2ccccc2NC(=S)Nc2ccc(-c3ccccc3)nn2)cc1N. The smallest absolute Gasteiger partial charge is 0.176 e. The Labute approximate surface area is 199 Å². The largest absolute Gasteiger partial charge is 0.384 e. The molecule has 0 aliphatic rings. The van der Waals surface area contributed by atoms with Gasteiger partial charge in [-0.1, -0.05) is 48.5 Å². The van der Waals surface area contributed by atoms with Crippen molar-refractivity contribution in [3.63, 3.8) is 0 Å². The first-order valence-corrected chi connectivity index (χ1v) is 11.1. The van der Waals surface area contributed by atoms with Crippen LogP contribution in [0.4, 0.5) is 17.3 Å². The van der Waals surface area contributed by atoms with E-state index in [-0.39, 0.29) is 5.54 Å². The Morgan fingerprint density at radius 2 is 1.67 bits per heavy atom. The zero-order valence-corrected chi connectivity index (χ0v) is 19.7. The van der Waals surface area contributed by atoms with Crippen LogP contribution < -0.4 is 16.4 Å². The molecule has 0 spiro atoms. The summed E-state index contributed by atoms with van der Waals surface area (Å²) in [5.74, 6) is 1.22. The minimum atomic E-state index is -0.178. The van der Waals surface area contributed by atoms with Crippen molar-refractivity contribution in [2.24, 2.45) is 0 Å². The van der Waals surface area contributed by atoms with Gasteiger partial charge >= 0.3 is 0 Å². The first-order chi connectivity index (χ1) is 15.8. The van der Waals surface area contributed by atoms with E-state index in [0.29, 0.717) is 23.2 Å². The summed E-state index contributed by atoms with van der Waals surface area (Å²) >= 11 is 5.51. The van der Waals surface area contributed by atoms with Crippen molar-refractivity contribution in [3.05, 3.63) is 84.1 Å². The number of aromatic nitrogens is 4. The molecular weight excluding hydrogens is 430 g/mol. The molecule has 7 nitrogen and oxygen atoms in total. The highest BCUT2D eigenvalue weighted by molar-refractivity contribution is 7.80. The highest BCUT2D eigenvalue weighted by atomic mass is 32.1. The molecule has 168 valence electrons. The Morgan fingerprint density at radius 1 is 0.939 bits per heavy atom. The molecule has 2 heterocycles. The molecule has 4 rings (SSSR count). The van der Waals surface area contributed by atoms with E-state index in [1.54, 1.807) is 0 Å². The number of anilines is 3. The molecule has 0 aliphatic carbocycles. The fraction of sp³-hybridized carbons (Fsp3) is 0.200. The molecule has 0 unspecified atom stereocenters. The molecule has 8 heteroatoms. The highest BCUT2D eigenvalue weighted by Gasteiger charge is 2.18. The second-order valence-electron chi connectivity index (χ2n) is 8.73. The lowest BCUT2D eigenvalue weighted by Gasteiger charge is -2.20. The molecule has 0 saturated carbocycles. The Balaban J connectivity index is 1.44. The maximum atomic E-state index is 6.17. The van der Waals surface area contributed by atoms with Crippen LogP contribution in [0.25, 0.3) is 11.3 Å². The molecule has 0 radical (unpaired) electrons. The predicted octanol–water partition coefficient (Wildman–Crippen LogP) is 5.08. The van der Waals surface area contributed by atoms with Crippen LogP contribution in [-0.2, 0) is 12.0 Å². The highest BCUT2D eigenvalue weighted by Crippen LogP contribution is 2.23. The van der Waals surface area contributed by atoms with Gasteiger partial charge < -0.3 is 16.4 Å². The van der Waals surface area contributed by atoms with Gasteiger partial charge in [-0.2, -0.15) is 5.10 Å². The number of para-hydroxylation sites is 1. The van der Waals surface area contributed by atoms with Gasteiger partial charge in [0.15, 0.2) is 10.9 Å². The van der Waals surface area contributed by atoms with Gasteiger partial charge in [0.25, 0.3) is 0 Å². The number of hydrogen-bond donors (Lipinski definition) is 3. The summed E-state index contributed by atoms with van der Waals surface area (Å²) in [6, 6.07) is 23.6. The molecule has 0 aliphatic heterocycles. The van der Waals surface area contributed by atoms with E-state index < -0.39 is 0 Å². The maximum absolute atomic E-state index is 6.17. The topological polar surface area (TPSA) is 93.7 Å². The van der Waals surface area contributed by atoms with E-state index in [1.165, 1.54) is 0 Å². The number of nitrogens with one attached hydrogen (secondary N) is 2. The first-order valence-electron chi connectivity index (χ1n) is 10.7. The fourth-order valence-electron chi connectivity index (χ4n) is 3.49. The summed E-state index contributed by atoms with van der Waals surface area (Å²) in [4.78, 5) is 0. The molecular formula is C25H27N7S. The molecule has 33 heavy (non-hydrogen) atoms. The van der Waals surface area contributed by atoms with Crippen molar-refractivity contribution in [2.45, 2.75) is 32.7 Å². The molecule has 2 aromatic heterocycles. The molecule has 0 bridgehead atoms. The molecule has 0 atom stereocenters. The van der Waals surface area contributed by atoms with Crippen LogP contribution in [0.3, 0.4) is 0 Å². The summed E-state index contributed by atoms with van der Waals surface area (Å²) in [6.45, 7) is 6.24. The third-order valence-corrected chi connectivity index (χ3v) is 5.24. The fourth-order valence-corrected chi connectivity index (χ4v) is 3.71. The van der Waals surface area contributed by atoms with E-state index in [1.807, 2.05) is 77.5 Å². The van der Waals surface area contributed by atoms with Crippen LogP contribution in [-0.4, -0.2) is 25.1 Å². The van der Waals surface area contributed by atoms with Gasteiger partial charge in [0, 0.05) is 23.7 Å². The predicted molar refractivity (Wildman–Crippen MR) is 138 cm³/mol. The van der Waals surface area contributed by atoms with Crippen molar-refractivity contribution in [2.75, 3.05) is 16.4 Å². The summed E-state index contributed by atoms with van der Waals surface area (Å²) in [7, 11) is 0. The Hall–Kier alpha value is -3.78. The van der Waals surface area contributed by atoms with Gasteiger partial charge in [-0.25, -0.2) is 4.68 Å². The van der Waals surface area contributed by atoms with Crippen LogP contribution in [0.2, 0.25) is 0 Å². The number of benzene rings is 2. The molecule has 0 fully saturated rings. The maximum Gasteiger partial charge on any atom is 0.176 e. The van der Waals surface area contributed by atoms with Gasteiger partial charge in [0.05, 0.1) is 16.9 Å². The third-order valence-electron chi connectivity index (χ3n) is 5.04. The number of thiocarbonyl (C=S) groups is 1. The second-order valence-corrected chi connectivity index (χ2v) is 9.13. The average molecular weight is 458 g/mol. The number of nitrogens with zero attached hydrogens (tertiary/aromatic N) is 4. The minimum Gasteiger partial charge on any atom is -0.384 e. The molecule has 4 aromatic rings. The number of rotatable bonds is 5. The zero-order valence-electron chi connectivity index (χ0n) is 18.9. The standard InChI is InChI=1S/C25H27N7S/c1-25(2,3)32-22(26)16-19(31-32)15-18-11-7-8-12-20(18)27-24(33)28-23-14-13-21(29-30-23)17-9-5-4-6-10-17/h4-14,16H,15,26H2,1-3H3,(H2,27,28,30,33). The van der Waals surface area contributed by atoms with E-state index in [9.17, 15) is 0 Å². The average Bonchev–Trinajstić information content (AvgIpc) is 3.17. The summed E-state index contributed by atoms with van der Waals surface area (Å²) in [5.41, 5.74) is 10.7. The lowest BCUT2D eigenvalue weighted by atomic mass is 10.1. The number of nitrogens with two attached hydrogens (primary N) is 1.